The molecule has 8 heteroatoms. The number of rotatable bonds is 9. The molecule has 0 saturated carbocycles. The molecular formula is C15H22BrN5OS. The lowest BCUT2D eigenvalue weighted by Gasteiger charge is -2.15. The third-order valence-corrected chi connectivity index (χ3v) is 4.60. The third kappa shape index (κ3) is 6.12. The van der Waals surface area contributed by atoms with Gasteiger partial charge in [-0.05, 0) is 55.4 Å². The minimum Gasteiger partial charge on any atom is -0.491 e. The second kappa shape index (κ2) is 9.24. The van der Waals surface area contributed by atoms with E-state index in [2.05, 4.69) is 42.8 Å². The molecule has 2 rings (SSSR count). The number of benzene rings is 1. The quantitative estimate of drug-likeness (QED) is 0.516. The molecule has 0 atom stereocenters. The van der Waals surface area contributed by atoms with Gasteiger partial charge in [-0.15, -0.1) is 5.10 Å². The van der Waals surface area contributed by atoms with Crippen molar-refractivity contribution in [3.63, 3.8) is 0 Å². The van der Waals surface area contributed by atoms with Crippen LogP contribution in [0.25, 0.3) is 0 Å². The first kappa shape index (κ1) is 18.2. The van der Waals surface area contributed by atoms with Gasteiger partial charge in [-0.2, -0.15) is 0 Å². The predicted molar refractivity (Wildman–Crippen MR) is 95.8 cm³/mol. The average Bonchev–Trinajstić information content (AvgIpc) is 2.90. The van der Waals surface area contributed by atoms with E-state index in [1.54, 1.807) is 16.4 Å². The van der Waals surface area contributed by atoms with E-state index in [0.717, 1.165) is 40.6 Å². The van der Waals surface area contributed by atoms with Crippen LogP contribution in [0, 0.1) is 0 Å². The van der Waals surface area contributed by atoms with Crippen molar-refractivity contribution >= 4 is 27.7 Å². The molecule has 0 aliphatic carbocycles. The molecule has 0 saturated heterocycles. The van der Waals surface area contributed by atoms with E-state index in [1.807, 2.05) is 33.0 Å². The third-order valence-electron chi connectivity index (χ3n) is 3.01. The van der Waals surface area contributed by atoms with Crippen molar-refractivity contribution in [1.29, 1.82) is 0 Å². The van der Waals surface area contributed by atoms with Gasteiger partial charge in [-0.3, -0.25) is 0 Å². The Kier molecular flexibility index (Phi) is 7.32. The van der Waals surface area contributed by atoms with Crippen molar-refractivity contribution in [1.82, 2.24) is 25.5 Å². The summed E-state index contributed by atoms with van der Waals surface area (Å²) in [5.74, 6) is 1.92. The lowest BCUT2D eigenvalue weighted by molar-refractivity contribution is 0.239. The van der Waals surface area contributed by atoms with Gasteiger partial charge in [0.05, 0.1) is 6.10 Å². The number of ether oxygens (including phenoxy) is 1. The number of aryl methyl sites for hydroxylation is 1. The topological polar surface area (TPSA) is 64.9 Å². The summed E-state index contributed by atoms with van der Waals surface area (Å²) in [6.45, 7) is 5.80. The molecule has 1 aromatic heterocycles. The summed E-state index contributed by atoms with van der Waals surface area (Å²) in [7, 11) is 1.85. The highest BCUT2D eigenvalue weighted by Gasteiger charge is 2.07. The summed E-state index contributed by atoms with van der Waals surface area (Å²) >= 11 is 5.19. The molecule has 1 N–H and O–H groups in total. The maximum Gasteiger partial charge on any atom is 0.209 e. The number of halogens is 1. The molecule has 0 aliphatic heterocycles. The van der Waals surface area contributed by atoms with Gasteiger partial charge in [0.1, 0.15) is 5.75 Å². The Labute approximate surface area is 149 Å². The summed E-state index contributed by atoms with van der Waals surface area (Å²) < 4.78 is 8.61. The number of nitrogens with one attached hydrogen (secondary N) is 1. The van der Waals surface area contributed by atoms with Crippen LogP contribution >= 0.6 is 27.7 Å². The predicted octanol–water partition coefficient (Wildman–Crippen LogP) is 3.03. The first-order chi connectivity index (χ1) is 11.1. The van der Waals surface area contributed by atoms with Crippen molar-refractivity contribution < 1.29 is 4.74 Å². The fourth-order valence-electron chi connectivity index (χ4n) is 1.98. The van der Waals surface area contributed by atoms with Crippen LogP contribution in [0.4, 0.5) is 0 Å². The molecule has 0 radical (unpaired) electrons. The summed E-state index contributed by atoms with van der Waals surface area (Å²) in [4.78, 5) is 0. The molecule has 0 unspecified atom stereocenters. The number of nitrogens with zero attached hydrogens (tertiary/aromatic N) is 4. The van der Waals surface area contributed by atoms with E-state index in [9.17, 15) is 0 Å². The highest BCUT2D eigenvalue weighted by molar-refractivity contribution is 9.10. The number of aromatic nitrogens is 4. The molecule has 1 heterocycles. The van der Waals surface area contributed by atoms with Crippen LogP contribution in [0.2, 0.25) is 0 Å². The zero-order valence-electron chi connectivity index (χ0n) is 13.6. The molecule has 6 nitrogen and oxygen atoms in total. The van der Waals surface area contributed by atoms with Gasteiger partial charge < -0.3 is 10.1 Å². The van der Waals surface area contributed by atoms with E-state index < -0.39 is 0 Å². The van der Waals surface area contributed by atoms with E-state index in [4.69, 9.17) is 4.74 Å². The molecule has 0 aliphatic rings. The Hall–Kier alpha value is -1.12. The van der Waals surface area contributed by atoms with Crippen molar-refractivity contribution in [2.45, 2.75) is 38.1 Å². The largest absolute Gasteiger partial charge is 0.491 e. The van der Waals surface area contributed by atoms with E-state index >= 15 is 0 Å². The Balaban J connectivity index is 1.73. The van der Waals surface area contributed by atoms with Gasteiger partial charge in [0.25, 0.3) is 0 Å². The maximum atomic E-state index is 5.85. The number of hydrogen-bond acceptors (Lipinski definition) is 6. The van der Waals surface area contributed by atoms with Crippen LogP contribution in [0.15, 0.2) is 27.8 Å². The molecule has 0 fully saturated rings. The summed E-state index contributed by atoms with van der Waals surface area (Å²) in [5, 5.41) is 15.7. The highest BCUT2D eigenvalue weighted by atomic mass is 79.9. The molecular weight excluding hydrogens is 378 g/mol. The van der Waals surface area contributed by atoms with Gasteiger partial charge >= 0.3 is 0 Å². The summed E-state index contributed by atoms with van der Waals surface area (Å²) in [6, 6.07) is 6.12. The summed E-state index contributed by atoms with van der Waals surface area (Å²) in [5.41, 5.74) is 1.17. The van der Waals surface area contributed by atoms with Crippen LogP contribution in [0.5, 0.6) is 5.75 Å². The second-order valence-corrected chi connectivity index (χ2v) is 7.36. The maximum absolute atomic E-state index is 5.85. The van der Waals surface area contributed by atoms with Gasteiger partial charge in [0, 0.05) is 29.4 Å². The zero-order valence-corrected chi connectivity index (χ0v) is 16.0. The van der Waals surface area contributed by atoms with Crippen LogP contribution in [-0.4, -0.2) is 38.6 Å². The molecule has 126 valence electrons. The first-order valence-corrected chi connectivity index (χ1v) is 9.35. The molecule has 0 bridgehead atoms. The van der Waals surface area contributed by atoms with E-state index in [1.165, 1.54) is 5.56 Å². The minimum atomic E-state index is 0.173. The minimum absolute atomic E-state index is 0.173. The van der Waals surface area contributed by atoms with Crippen LogP contribution in [0.3, 0.4) is 0 Å². The highest BCUT2D eigenvalue weighted by Crippen LogP contribution is 2.24. The smallest absolute Gasteiger partial charge is 0.209 e. The lowest BCUT2D eigenvalue weighted by atomic mass is 10.2. The van der Waals surface area contributed by atoms with Crippen molar-refractivity contribution in [2.75, 3.05) is 12.3 Å². The number of thioether (sulfide) groups is 1. The molecule has 1 aromatic carbocycles. The molecule has 2 aromatic rings. The van der Waals surface area contributed by atoms with Crippen molar-refractivity contribution in [2.24, 2.45) is 7.05 Å². The van der Waals surface area contributed by atoms with Gasteiger partial charge in [0.15, 0.2) is 0 Å². The average molecular weight is 400 g/mol. The number of tetrazole rings is 1. The molecule has 0 amide bonds. The van der Waals surface area contributed by atoms with E-state index in [0.29, 0.717) is 0 Å². The van der Waals surface area contributed by atoms with Crippen LogP contribution in [0.1, 0.15) is 25.8 Å². The number of hydrogen-bond donors (Lipinski definition) is 1. The standard InChI is InChI=1S/C15H22BrN5OS/c1-11(2)22-14-6-5-13(16)9-12(14)10-17-7-4-8-23-15-18-19-20-21(15)3/h5-6,9,11,17H,4,7-8,10H2,1-3H3. The molecule has 23 heavy (non-hydrogen) atoms. The monoisotopic (exact) mass is 399 g/mol. The SMILES string of the molecule is CC(C)Oc1ccc(Br)cc1CNCCCSc1nnnn1C. The Morgan fingerprint density at radius 2 is 2.22 bits per heavy atom. The van der Waals surface area contributed by atoms with Crippen LogP contribution in [-0.2, 0) is 13.6 Å². The van der Waals surface area contributed by atoms with Gasteiger partial charge in [0.2, 0.25) is 5.16 Å². The molecule has 0 spiro atoms. The normalized spacial score (nSPS) is 11.2. The zero-order chi connectivity index (χ0) is 16.7. The van der Waals surface area contributed by atoms with Crippen molar-refractivity contribution in [3.8, 4) is 5.75 Å². The Bertz CT molecular complexity index is 620. The van der Waals surface area contributed by atoms with E-state index in [-0.39, 0.29) is 6.10 Å². The van der Waals surface area contributed by atoms with Crippen molar-refractivity contribution in [3.05, 3.63) is 28.2 Å². The fourth-order valence-corrected chi connectivity index (χ4v) is 3.18. The van der Waals surface area contributed by atoms with Gasteiger partial charge in [-0.1, -0.05) is 27.7 Å². The lowest BCUT2D eigenvalue weighted by Crippen LogP contribution is -2.17. The first-order valence-electron chi connectivity index (χ1n) is 7.57. The fraction of sp³-hybridized carbons (Fsp3) is 0.533. The Morgan fingerprint density at radius 3 is 2.91 bits per heavy atom. The van der Waals surface area contributed by atoms with Crippen LogP contribution < -0.4 is 10.1 Å². The Morgan fingerprint density at radius 1 is 1.39 bits per heavy atom. The second-order valence-electron chi connectivity index (χ2n) is 5.38. The van der Waals surface area contributed by atoms with Gasteiger partial charge in [-0.25, -0.2) is 4.68 Å². The summed E-state index contributed by atoms with van der Waals surface area (Å²) in [6.07, 6.45) is 1.22.